The van der Waals surface area contributed by atoms with Crippen LogP contribution in [0.5, 0.6) is 0 Å². The molecule has 1 amide bonds. The molecule has 0 spiro atoms. The summed E-state index contributed by atoms with van der Waals surface area (Å²) in [4.78, 5) is 12.0. The number of amides is 1. The van der Waals surface area contributed by atoms with Gasteiger partial charge in [-0.1, -0.05) is 15.9 Å². The van der Waals surface area contributed by atoms with Crippen LogP contribution in [-0.2, 0) is 10.0 Å². The summed E-state index contributed by atoms with van der Waals surface area (Å²) < 4.78 is 26.1. The maximum Gasteiger partial charge on any atom is 0.252 e. The van der Waals surface area contributed by atoms with Crippen molar-refractivity contribution >= 4 is 47.8 Å². The van der Waals surface area contributed by atoms with Gasteiger partial charge in [0.2, 0.25) is 10.0 Å². The van der Waals surface area contributed by atoms with Crippen LogP contribution >= 0.6 is 31.9 Å². The van der Waals surface area contributed by atoms with Gasteiger partial charge in [-0.2, -0.15) is 0 Å². The number of rotatable bonds is 4. The maximum atomic E-state index is 12.0. The first kappa shape index (κ1) is 15.9. The van der Waals surface area contributed by atoms with E-state index >= 15 is 0 Å². The Balaban J connectivity index is 1.91. The second-order valence-corrected chi connectivity index (χ2v) is 8.31. The molecule has 1 aromatic rings. The predicted octanol–water partition coefficient (Wildman–Crippen LogP) is 1.98. The van der Waals surface area contributed by atoms with Crippen LogP contribution in [0.4, 0.5) is 0 Å². The summed E-state index contributed by atoms with van der Waals surface area (Å²) in [5.74, 6) is -0.0206. The van der Waals surface area contributed by atoms with E-state index in [-0.39, 0.29) is 11.7 Å². The molecule has 1 aliphatic rings. The van der Waals surface area contributed by atoms with Crippen molar-refractivity contribution in [3.63, 3.8) is 0 Å². The number of benzene rings is 1. The first-order valence-corrected chi connectivity index (χ1v) is 9.31. The molecule has 2 rings (SSSR count). The summed E-state index contributed by atoms with van der Waals surface area (Å²) in [7, 11) is -3.10. The Bertz CT molecular complexity index is 619. The number of hydrogen-bond donors (Lipinski definition) is 1. The second-order valence-electron chi connectivity index (χ2n) is 4.45. The molecule has 1 heterocycles. The van der Waals surface area contributed by atoms with E-state index in [1.165, 1.54) is 4.31 Å². The number of carbonyl (C=O) groups is 1. The van der Waals surface area contributed by atoms with E-state index in [1.807, 2.05) is 6.07 Å². The third-order valence-corrected chi connectivity index (χ3v) is 6.16. The molecular weight excluding hydrogens is 412 g/mol. The van der Waals surface area contributed by atoms with E-state index in [4.69, 9.17) is 0 Å². The first-order chi connectivity index (χ1) is 9.40. The van der Waals surface area contributed by atoms with Crippen molar-refractivity contribution < 1.29 is 13.2 Å². The van der Waals surface area contributed by atoms with Gasteiger partial charge >= 0.3 is 0 Å². The largest absolute Gasteiger partial charge is 0.351 e. The number of sulfonamides is 1. The molecule has 1 fully saturated rings. The average molecular weight is 426 g/mol. The lowest BCUT2D eigenvalue weighted by molar-refractivity contribution is 0.0951. The summed E-state index contributed by atoms with van der Waals surface area (Å²) >= 11 is 6.63. The van der Waals surface area contributed by atoms with Gasteiger partial charge in [0.1, 0.15) is 0 Å². The number of nitrogens with one attached hydrogen (secondary N) is 1. The standard InChI is InChI=1S/C12H14Br2N2O3S/c13-9-2-3-11(14)10(8-9)12(17)15-4-6-16-5-1-7-20(16,18)19/h2-3,8H,1,4-7H2,(H,15,17). The van der Waals surface area contributed by atoms with Crippen molar-refractivity contribution in [2.75, 3.05) is 25.4 Å². The second kappa shape index (κ2) is 6.55. The van der Waals surface area contributed by atoms with E-state index < -0.39 is 10.0 Å². The molecule has 20 heavy (non-hydrogen) atoms. The molecule has 0 saturated carbocycles. The summed E-state index contributed by atoms with van der Waals surface area (Å²) in [6.45, 7) is 1.16. The Labute approximate surface area is 135 Å². The van der Waals surface area contributed by atoms with E-state index in [0.29, 0.717) is 36.1 Å². The number of carbonyl (C=O) groups excluding carboxylic acids is 1. The van der Waals surface area contributed by atoms with Crippen LogP contribution in [0.3, 0.4) is 0 Å². The van der Waals surface area contributed by atoms with E-state index in [0.717, 1.165) is 4.47 Å². The number of nitrogens with zero attached hydrogens (tertiary/aromatic N) is 1. The van der Waals surface area contributed by atoms with Gasteiger partial charge in [0.25, 0.3) is 5.91 Å². The molecule has 0 aromatic heterocycles. The number of halogens is 2. The molecule has 0 unspecified atom stereocenters. The van der Waals surface area contributed by atoms with Gasteiger partial charge < -0.3 is 5.32 Å². The van der Waals surface area contributed by atoms with Gasteiger partial charge in [0.15, 0.2) is 0 Å². The molecule has 8 heteroatoms. The minimum atomic E-state index is -3.10. The van der Waals surface area contributed by atoms with Crippen LogP contribution in [-0.4, -0.2) is 44.0 Å². The SMILES string of the molecule is O=C(NCCN1CCCS1(=O)=O)c1cc(Br)ccc1Br. The van der Waals surface area contributed by atoms with Crippen LogP contribution in [0.1, 0.15) is 16.8 Å². The van der Waals surface area contributed by atoms with Gasteiger partial charge in [-0.3, -0.25) is 4.79 Å². The highest BCUT2D eigenvalue weighted by Crippen LogP contribution is 2.21. The minimum Gasteiger partial charge on any atom is -0.351 e. The zero-order chi connectivity index (χ0) is 14.8. The van der Waals surface area contributed by atoms with Crippen LogP contribution in [0.15, 0.2) is 27.1 Å². The molecule has 1 aliphatic heterocycles. The highest BCUT2D eigenvalue weighted by atomic mass is 79.9. The summed E-state index contributed by atoms with van der Waals surface area (Å²) in [5, 5.41) is 2.74. The fourth-order valence-electron chi connectivity index (χ4n) is 2.00. The van der Waals surface area contributed by atoms with Crippen molar-refractivity contribution in [3.8, 4) is 0 Å². The third kappa shape index (κ3) is 3.81. The van der Waals surface area contributed by atoms with Crippen molar-refractivity contribution in [2.24, 2.45) is 0 Å². The Morgan fingerprint density at radius 3 is 2.75 bits per heavy atom. The van der Waals surface area contributed by atoms with Crippen molar-refractivity contribution in [1.82, 2.24) is 9.62 Å². The quantitative estimate of drug-likeness (QED) is 0.801. The van der Waals surface area contributed by atoms with E-state index in [9.17, 15) is 13.2 Å². The van der Waals surface area contributed by atoms with Gasteiger partial charge in [0, 0.05) is 28.6 Å². The van der Waals surface area contributed by atoms with E-state index in [1.54, 1.807) is 12.1 Å². The third-order valence-electron chi connectivity index (χ3n) is 3.02. The Hall–Kier alpha value is -0.440. The van der Waals surface area contributed by atoms with Gasteiger partial charge in [-0.15, -0.1) is 0 Å². The maximum absolute atomic E-state index is 12.0. The molecule has 0 bridgehead atoms. The molecule has 1 N–H and O–H groups in total. The Kier molecular flexibility index (Phi) is 5.22. The Morgan fingerprint density at radius 2 is 2.10 bits per heavy atom. The lowest BCUT2D eigenvalue weighted by atomic mass is 10.2. The van der Waals surface area contributed by atoms with Gasteiger partial charge in [-0.25, -0.2) is 12.7 Å². The predicted molar refractivity (Wildman–Crippen MR) is 84.2 cm³/mol. The van der Waals surface area contributed by atoms with Gasteiger partial charge in [0.05, 0.1) is 11.3 Å². The van der Waals surface area contributed by atoms with Crippen LogP contribution in [0.2, 0.25) is 0 Å². The van der Waals surface area contributed by atoms with Crippen LogP contribution < -0.4 is 5.32 Å². The van der Waals surface area contributed by atoms with Crippen molar-refractivity contribution in [2.45, 2.75) is 6.42 Å². The normalized spacial score (nSPS) is 18.1. The summed E-state index contributed by atoms with van der Waals surface area (Å²) in [6.07, 6.45) is 0.660. The monoisotopic (exact) mass is 424 g/mol. The molecule has 0 atom stereocenters. The molecule has 0 aliphatic carbocycles. The molecule has 0 radical (unpaired) electrons. The topological polar surface area (TPSA) is 66.5 Å². The zero-order valence-corrected chi connectivity index (χ0v) is 14.6. The Morgan fingerprint density at radius 1 is 1.35 bits per heavy atom. The summed E-state index contributed by atoms with van der Waals surface area (Å²) in [5.41, 5.74) is 0.517. The fourth-order valence-corrected chi connectivity index (χ4v) is 4.32. The molecule has 110 valence electrons. The van der Waals surface area contributed by atoms with E-state index in [2.05, 4.69) is 37.2 Å². The van der Waals surface area contributed by atoms with Crippen molar-refractivity contribution in [3.05, 3.63) is 32.7 Å². The highest BCUT2D eigenvalue weighted by molar-refractivity contribution is 9.11. The first-order valence-electron chi connectivity index (χ1n) is 6.11. The van der Waals surface area contributed by atoms with Gasteiger partial charge in [-0.05, 0) is 40.5 Å². The summed E-state index contributed by atoms with van der Waals surface area (Å²) in [6, 6.07) is 5.33. The van der Waals surface area contributed by atoms with Crippen LogP contribution in [0, 0.1) is 0 Å². The lowest BCUT2D eigenvalue weighted by Gasteiger charge is -2.14. The fraction of sp³-hybridized carbons (Fsp3) is 0.417. The highest BCUT2D eigenvalue weighted by Gasteiger charge is 2.27. The smallest absolute Gasteiger partial charge is 0.252 e. The average Bonchev–Trinajstić information content (AvgIpc) is 2.71. The molecular formula is C12H14Br2N2O3S. The molecule has 1 saturated heterocycles. The van der Waals surface area contributed by atoms with Crippen molar-refractivity contribution in [1.29, 1.82) is 0 Å². The minimum absolute atomic E-state index is 0.206. The number of hydrogen-bond acceptors (Lipinski definition) is 3. The zero-order valence-electron chi connectivity index (χ0n) is 10.6. The van der Waals surface area contributed by atoms with Crippen LogP contribution in [0.25, 0.3) is 0 Å². The molecule has 5 nitrogen and oxygen atoms in total. The lowest BCUT2D eigenvalue weighted by Crippen LogP contribution is -2.35. The molecule has 1 aromatic carbocycles.